The van der Waals surface area contributed by atoms with Crippen molar-refractivity contribution in [3.05, 3.63) is 65.1 Å². The lowest BCUT2D eigenvalue weighted by molar-refractivity contribution is 0.0701. The molecule has 0 bridgehead atoms. The Kier molecular flexibility index (Phi) is 5.28. The molecule has 0 spiro atoms. The summed E-state index contributed by atoms with van der Waals surface area (Å²) in [6, 6.07) is 12.1. The minimum Gasteiger partial charge on any atom is -0.465 e. The van der Waals surface area contributed by atoms with Crippen LogP contribution in [0, 0.1) is 17.1 Å². The summed E-state index contributed by atoms with van der Waals surface area (Å²) in [4.78, 5) is 19.0. The molecular weight excluding hydrogens is 413 g/mol. The Labute approximate surface area is 184 Å². The van der Waals surface area contributed by atoms with Crippen LogP contribution in [0.1, 0.15) is 49.9 Å². The Balaban J connectivity index is 1.72. The number of hydrogen-bond acceptors (Lipinski definition) is 4. The minimum atomic E-state index is -0.916. The zero-order valence-electron chi connectivity index (χ0n) is 17.5. The molecule has 2 aromatic carbocycles. The van der Waals surface area contributed by atoms with Crippen molar-refractivity contribution in [2.24, 2.45) is 0 Å². The van der Waals surface area contributed by atoms with E-state index in [9.17, 15) is 14.3 Å². The SMILES string of the molecule is CC(C)(C)N(C(=O)O)C1CCc2c(-c3cnc(-c4ccc(F)c(C#N)c4)s3)cccc21. The smallest absolute Gasteiger partial charge is 0.408 e. The first-order valence-electron chi connectivity index (χ1n) is 10.0. The van der Waals surface area contributed by atoms with Crippen molar-refractivity contribution in [1.29, 1.82) is 5.26 Å². The number of thiazole rings is 1. The number of nitrogens with zero attached hydrogens (tertiary/aromatic N) is 3. The maximum Gasteiger partial charge on any atom is 0.408 e. The molecule has 0 aliphatic heterocycles. The van der Waals surface area contributed by atoms with E-state index in [1.54, 1.807) is 17.2 Å². The zero-order valence-corrected chi connectivity index (χ0v) is 18.3. The highest BCUT2D eigenvalue weighted by Gasteiger charge is 2.38. The van der Waals surface area contributed by atoms with Crippen molar-refractivity contribution in [2.45, 2.75) is 45.2 Å². The second-order valence-corrected chi connectivity index (χ2v) is 9.62. The van der Waals surface area contributed by atoms with Crippen molar-refractivity contribution in [1.82, 2.24) is 9.88 Å². The number of carbonyl (C=O) groups is 1. The van der Waals surface area contributed by atoms with E-state index >= 15 is 0 Å². The Bertz CT molecular complexity index is 1210. The predicted molar refractivity (Wildman–Crippen MR) is 118 cm³/mol. The molecule has 1 heterocycles. The molecule has 1 aliphatic rings. The lowest BCUT2D eigenvalue weighted by Crippen LogP contribution is -2.46. The van der Waals surface area contributed by atoms with E-state index in [0.717, 1.165) is 34.4 Å². The second-order valence-electron chi connectivity index (χ2n) is 8.59. The van der Waals surface area contributed by atoms with Gasteiger partial charge in [-0.2, -0.15) is 5.26 Å². The number of benzene rings is 2. The molecule has 1 aromatic heterocycles. The van der Waals surface area contributed by atoms with Gasteiger partial charge in [0.05, 0.1) is 16.5 Å². The zero-order chi connectivity index (χ0) is 22.3. The highest BCUT2D eigenvalue weighted by Crippen LogP contribution is 2.44. The molecule has 0 fully saturated rings. The van der Waals surface area contributed by atoms with E-state index in [2.05, 4.69) is 4.98 Å². The fourth-order valence-corrected chi connectivity index (χ4v) is 5.26. The van der Waals surface area contributed by atoms with Crippen molar-refractivity contribution in [3.8, 4) is 27.1 Å². The van der Waals surface area contributed by atoms with Gasteiger partial charge >= 0.3 is 6.09 Å². The van der Waals surface area contributed by atoms with Crippen LogP contribution in [-0.4, -0.2) is 26.6 Å². The maximum atomic E-state index is 13.7. The third kappa shape index (κ3) is 3.79. The van der Waals surface area contributed by atoms with Crippen LogP contribution in [0.2, 0.25) is 0 Å². The first-order valence-corrected chi connectivity index (χ1v) is 10.8. The average molecular weight is 436 g/mol. The summed E-state index contributed by atoms with van der Waals surface area (Å²) in [5, 5.41) is 19.6. The van der Waals surface area contributed by atoms with Crippen molar-refractivity contribution >= 4 is 17.4 Å². The summed E-state index contributed by atoms with van der Waals surface area (Å²) in [6.07, 6.45) is 2.40. The standard InChI is InChI=1S/C24H22FN3O2S/c1-24(2,3)28(23(29)30)20-10-8-16-17(20)5-4-6-18(16)21-13-27-22(31-21)14-7-9-19(25)15(11-14)12-26/h4-7,9,11,13,20H,8,10H2,1-3H3,(H,29,30). The van der Waals surface area contributed by atoms with E-state index in [4.69, 9.17) is 5.26 Å². The Morgan fingerprint density at radius 1 is 1.32 bits per heavy atom. The topological polar surface area (TPSA) is 77.2 Å². The highest BCUT2D eigenvalue weighted by atomic mass is 32.1. The highest BCUT2D eigenvalue weighted by molar-refractivity contribution is 7.18. The van der Waals surface area contributed by atoms with E-state index in [0.29, 0.717) is 10.6 Å². The molecule has 3 aromatic rings. The molecule has 0 radical (unpaired) electrons. The van der Waals surface area contributed by atoms with Crippen LogP contribution in [0.5, 0.6) is 0 Å². The first-order chi connectivity index (χ1) is 14.7. The molecule has 158 valence electrons. The molecule has 7 heteroatoms. The average Bonchev–Trinajstić information content (AvgIpc) is 3.35. The first kappa shape index (κ1) is 21.0. The quantitative estimate of drug-likeness (QED) is 0.527. The number of halogens is 1. The fourth-order valence-electron chi connectivity index (χ4n) is 4.30. The number of fused-ring (bicyclic) bond motifs is 1. The molecule has 0 saturated carbocycles. The van der Waals surface area contributed by atoms with Crippen LogP contribution < -0.4 is 0 Å². The number of rotatable bonds is 3. The van der Waals surface area contributed by atoms with Gasteiger partial charge in [-0.3, -0.25) is 4.90 Å². The number of amides is 1. The third-order valence-corrected chi connectivity index (χ3v) is 6.66. The van der Waals surface area contributed by atoms with Gasteiger partial charge in [0.25, 0.3) is 0 Å². The van der Waals surface area contributed by atoms with Crippen LogP contribution >= 0.6 is 11.3 Å². The molecule has 1 unspecified atom stereocenters. The third-order valence-electron chi connectivity index (χ3n) is 5.58. The molecule has 4 rings (SSSR count). The fraction of sp³-hybridized carbons (Fsp3) is 0.292. The van der Waals surface area contributed by atoms with Gasteiger partial charge in [-0.1, -0.05) is 18.2 Å². The summed E-state index contributed by atoms with van der Waals surface area (Å²) in [5.41, 5.74) is 3.42. The summed E-state index contributed by atoms with van der Waals surface area (Å²) < 4.78 is 13.7. The van der Waals surface area contributed by atoms with Gasteiger partial charge in [0.2, 0.25) is 0 Å². The summed E-state index contributed by atoms with van der Waals surface area (Å²) in [6.45, 7) is 5.74. The van der Waals surface area contributed by atoms with E-state index in [1.807, 2.05) is 45.0 Å². The van der Waals surface area contributed by atoms with Crippen molar-refractivity contribution < 1.29 is 14.3 Å². The molecule has 1 aliphatic carbocycles. The molecule has 31 heavy (non-hydrogen) atoms. The molecule has 5 nitrogen and oxygen atoms in total. The Hall–Kier alpha value is -3.24. The summed E-state index contributed by atoms with van der Waals surface area (Å²) in [5.74, 6) is -0.545. The van der Waals surface area contributed by atoms with Crippen LogP contribution in [0.25, 0.3) is 21.0 Å². The normalized spacial score (nSPS) is 15.4. The summed E-state index contributed by atoms with van der Waals surface area (Å²) >= 11 is 1.48. The van der Waals surface area contributed by atoms with Crippen molar-refractivity contribution in [2.75, 3.05) is 0 Å². The van der Waals surface area contributed by atoms with E-state index < -0.39 is 17.4 Å². The Morgan fingerprint density at radius 3 is 2.77 bits per heavy atom. The summed E-state index contributed by atoms with van der Waals surface area (Å²) in [7, 11) is 0. The van der Waals surface area contributed by atoms with E-state index in [1.165, 1.54) is 23.5 Å². The number of hydrogen-bond donors (Lipinski definition) is 1. The minimum absolute atomic E-state index is 0.00589. The number of aromatic nitrogens is 1. The van der Waals surface area contributed by atoms with Gasteiger partial charge in [0.1, 0.15) is 16.9 Å². The van der Waals surface area contributed by atoms with Gasteiger partial charge in [-0.25, -0.2) is 14.2 Å². The van der Waals surface area contributed by atoms with Crippen LogP contribution in [0.3, 0.4) is 0 Å². The largest absolute Gasteiger partial charge is 0.465 e. The monoisotopic (exact) mass is 435 g/mol. The number of nitriles is 1. The second kappa shape index (κ2) is 7.78. The van der Waals surface area contributed by atoms with E-state index in [-0.39, 0.29) is 11.6 Å². The van der Waals surface area contributed by atoms with Gasteiger partial charge < -0.3 is 5.11 Å². The lowest BCUT2D eigenvalue weighted by Gasteiger charge is -2.38. The van der Waals surface area contributed by atoms with Crippen LogP contribution in [0.4, 0.5) is 9.18 Å². The number of carboxylic acid groups (broad SMARTS) is 1. The van der Waals surface area contributed by atoms with Gasteiger partial charge in [0, 0.05) is 17.3 Å². The molecule has 1 N–H and O–H groups in total. The maximum absolute atomic E-state index is 13.7. The predicted octanol–water partition coefficient (Wildman–Crippen LogP) is 6.25. The van der Waals surface area contributed by atoms with Crippen LogP contribution in [0.15, 0.2) is 42.6 Å². The lowest BCUT2D eigenvalue weighted by atomic mass is 9.98. The van der Waals surface area contributed by atoms with Crippen molar-refractivity contribution in [3.63, 3.8) is 0 Å². The van der Waals surface area contributed by atoms with Gasteiger partial charge in [-0.15, -0.1) is 11.3 Å². The van der Waals surface area contributed by atoms with Crippen LogP contribution in [-0.2, 0) is 6.42 Å². The molecule has 1 amide bonds. The molecule has 1 atom stereocenters. The van der Waals surface area contributed by atoms with Gasteiger partial charge in [0.15, 0.2) is 0 Å². The molecule has 0 saturated heterocycles. The van der Waals surface area contributed by atoms with Gasteiger partial charge in [-0.05, 0) is 68.5 Å². The molecular formula is C24H22FN3O2S. The Morgan fingerprint density at radius 2 is 2.10 bits per heavy atom.